The molecule has 4 nitrogen and oxygen atoms in total. The number of benzene rings is 3. The first kappa shape index (κ1) is 35.1. The predicted molar refractivity (Wildman–Crippen MR) is 205 cm³/mol. The van der Waals surface area contributed by atoms with E-state index in [1.165, 1.54) is 45.4 Å². The second-order valence-electron chi connectivity index (χ2n) is 19.4. The fraction of sp³-hybridized carbons (Fsp3) is 0.587. The molecule has 0 saturated carbocycles. The minimum atomic E-state index is -0.325. The van der Waals surface area contributed by atoms with E-state index < -0.39 is 0 Å². The summed E-state index contributed by atoms with van der Waals surface area (Å²) in [5.74, 6) is 2.40. The van der Waals surface area contributed by atoms with Crippen LogP contribution < -0.4 is 14.8 Å². The molecule has 5 aliphatic rings. The van der Waals surface area contributed by atoms with Gasteiger partial charge in [0.25, 0.3) is 0 Å². The molecule has 2 aliphatic heterocycles. The molecular weight excluding hydrogens is 613 g/mol. The van der Waals surface area contributed by atoms with Gasteiger partial charge in [-0.3, -0.25) is 0 Å². The van der Waals surface area contributed by atoms with E-state index in [0.29, 0.717) is 12.0 Å². The van der Waals surface area contributed by atoms with Gasteiger partial charge in [0.15, 0.2) is 11.5 Å². The van der Waals surface area contributed by atoms with Crippen LogP contribution in [0, 0.1) is 18.3 Å². The molecule has 8 rings (SSSR count). The summed E-state index contributed by atoms with van der Waals surface area (Å²) in [5.41, 5.74) is 13.8. The third-order valence-corrected chi connectivity index (χ3v) is 14.2. The molecule has 2 heterocycles. The Morgan fingerprint density at radius 2 is 1.40 bits per heavy atom. The molecule has 4 unspecified atom stereocenters. The van der Waals surface area contributed by atoms with E-state index in [4.69, 9.17) is 9.47 Å². The van der Waals surface area contributed by atoms with Crippen molar-refractivity contribution in [3.8, 4) is 17.6 Å². The highest BCUT2D eigenvalue weighted by atomic mass is 16.6. The lowest BCUT2D eigenvalue weighted by atomic mass is 9.47. The van der Waals surface area contributed by atoms with Gasteiger partial charge in [-0.15, -0.1) is 0 Å². The van der Waals surface area contributed by atoms with Gasteiger partial charge >= 0.3 is 0 Å². The topological polar surface area (TPSA) is 64.2 Å². The van der Waals surface area contributed by atoms with E-state index in [1.54, 1.807) is 5.56 Å². The molecular formula is C46H60N2O2. The Morgan fingerprint density at radius 3 is 2.00 bits per heavy atom. The summed E-state index contributed by atoms with van der Waals surface area (Å²) in [6, 6.07) is 17.1. The summed E-state index contributed by atoms with van der Waals surface area (Å²) in [4.78, 5) is 0. The number of nitriles is 1. The highest BCUT2D eigenvalue weighted by Gasteiger charge is 2.58. The van der Waals surface area contributed by atoms with Crippen LogP contribution in [0.5, 0.6) is 11.5 Å². The van der Waals surface area contributed by atoms with Crippen LogP contribution in [0.15, 0.2) is 36.4 Å². The zero-order chi connectivity index (χ0) is 36.6. The number of aryl methyl sites for hydroxylation is 1. The molecule has 0 aromatic heterocycles. The Balaban J connectivity index is 0.000000184. The van der Waals surface area contributed by atoms with Gasteiger partial charge in [-0.1, -0.05) is 93.5 Å². The van der Waals surface area contributed by atoms with Gasteiger partial charge in [-0.25, -0.2) is 0 Å². The number of fused-ring (bicyclic) bond motifs is 6. The normalized spacial score (nSPS) is 27.9. The summed E-state index contributed by atoms with van der Waals surface area (Å²) in [6.45, 7) is 32.9. The largest absolute Gasteiger partial charge is 0.483 e. The maximum absolute atomic E-state index is 9.44. The molecule has 0 radical (unpaired) electrons. The van der Waals surface area contributed by atoms with Crippen molar-refractivity contribution in [2.45, 2.75) is 167 Å². The molecule has 4 atom stereocenters. The average Bonchev–Trinajstić information content (AvgIpc) is 3.82. The van der Waals surface area contributed by atoms with Crippen molar-refractivity contribution in [1.29, 1.82) is 5.26 Å². The van der Waals surface area contributed by atoms with Crippen molar-refractivity contribution in [2.75, 3.05) is 6.54 Å². The highest BCUT2D eigenvalue weighted by molar-refractivity contribution is 5.67. The van der Waals surface area contributed by atoms with Gasteiger partial charge in [0.05, 0.1) is 11.6 Å². The second kappa shape index (κ2) is 10.9. The molecule has 0 amide bonds. The third-order valence-electron chi connectivity index (χ3n) is 14.2. The summed E-state index contributed by atoms with van der Waals surface area (Å²) >= 11 is 0. The van der Waals surface area contributed by atoms with Crippen LogP contribution in [0.1, 0.15) is 177 Å². The zero-order valence-electron chi connectivity index (χ0n) is 33.3. The summed E-state index contributed by atoms with van der Waals surface area (Å²) < 4.78 is 12.9. The van der Waals surface area contributed by atoms with Crippen LogP contribution in [0.4, 0.5) is 0 Å². The molecule has 1 fully saturated rings. The highest BCUT2D eigenvalue weighted by Crippen LogP contribution is 2.65. The van der Waals surface area contributed by atoms with Gasteiger partial charge in [0.1, 0.15) is 11.7 Å². The summed E-state index contributed by atoms with van der Waals surface area (Å²) in [6.07, 6.45) is 3.47. The number of ether oxygens (including phenoxy) is 2. The van der Waals surface area contributed by atoms with E-state index >= 15 is 0 Å². The first-order valence-corrected chi connectivity index (χ1v) is 19.1. The molecule has 1 N–H and O–H groups in total. The maximum atomic E-state index is 9.44. The van der Waals surface area contributed by atoms with E-state index in [2.05, 4.69) is 145 Å². The van der Waals surface area contributed by atoms with Gasteiger partial charge in [-0.05, 0) is 131 Å². The first-order valence-electron chi connectivity index (χ1n) is 19.1. The molecule has 3 aromatic carbocycles. The van der Waals surface area contributed by atoms with Crippen LogP contribution in [0.3, 0.4) is 0 Å². The molecule has 266 valence electrons. The molecule has 0 bridgehead atoms. The Kier molecular flexibility index (Phi) is 7.63. The van der Waals surface area contributed by atoms with E-state index in [-0.39, 0.29) is 38.8 Å². The lowest BCUT2D eigenvalue weighted by Gasteiger charge is -2.56. The van der Waals surface area contributed by atoms with Crippen LogP contribution in [-0.4, -0.2) is 18.2 Å². The van der Waals surface area contributed by atoms with Gasteiger partial charge in [-0.2, -0.15) is 5.26 Å². The van der Waals surface area contributed by atoms with Gasteiger partial charge in [0, 0.05) is 23.4 Å². The van der Waals surface area contributed by atoms with Crippen molar-refractivity contribution in [1.82, 2.24) is 5.32 Å². The van der Waals surface area contributed by atoms with Crippen LogP contribution in [-0.2, 0) is 27.1 Å². The summed E-state index contributed by atoms with van der Waals surface area (Å²) in [5, 5.41) is 12.8. The number of nitrogens with one attached hydrogen (secondary N) is 1. The van der Waals surface area contributed by atoms with Crippen molar-refractivity contribution in [2.24, 2.45) is 0 Å². The van der Waals surface area contributed by atoms with E-state index in [1.807, 2.05) is 0 Å². The Morgan fingerprint density at radius 1 is 0.820 bits per heavy atom. The lowest BCUT2D eigenvalue weighted by molar-refractivity contribution is -0.0327. The molecule has 3 aromatic rings. The fourth-order valence-corrected chi connectivity index (χ4v) is 10.2. The lowest BCUT2D eigenvalue weighted by Crippen LogP contribution is -2.52. The minimum absolute atomic E-state index is 0.0164. The second-order valence-corrected chi connectivity index (χ2v) is 19.4. The summed E-state index contributed by atoms with van der Waals surface area (Å²) in [7, 11) is 0. The molecule has 1 spiro atoms. The number of hydrogen-bond donors (Lipinski definition) is 1. The van der Waals surface area contributed by atoms with E-state index in [9.17, 15) is 5.26 Å². The van der Waals surface area contributed by atoms with Gasteiger partial charge < -0.3 is 14.8 Å². The first-order chi connectivity index (χ1) is 23.1. The molecule has 1 saturated heterocycles. The van der Waals surface area contributed by atoms with Crippen molar-refractivity contribution in [3.05, 3.63) is 92.0 Å². The molecule has 4 heteroatoms. The molecule has 50 heavy (non-hydrogen) atoms. The standard InChI is InChI=1S/C30H40O2.C16H20N2/c1-10-18(2)20-11-12-21-23(13-20)30(16-27(21,4)5)17-28(6,7)22-14-26-25(15-24(22)30)31-19(3)29(8,9)32-26;1-9-6-10(12-8-18-12)13-14(11(9)7-17)16(4,5)15(13,2)3/h11-15,18-19H,10,16-17H2,1-9H3;6,12,18H,8H2,1-5H3. The smallest absolute Gasteiger partial charge is 0.162 e. The average molecular weight is 673 g/mol. The Hall–Kier alpha value is -3.29. The Labute approximate surface area is 302 Å². The maximum Gasteiger partial charge on any atom is 0.162 e. The third kappa shape index (κ3) is 4.85. The zero-order valence-corrected chi connectivity index (χ0v) is 33.3. The minimum Gasteiger partial charge on any atom is -0.483 e. The van der Waals surface area contributed by atoms with Crippen molar-refractivity contribution < 1.29 is 9.47 Å². The van der Waals surface area contributed by atoms with Crippen LogP contribution >= 0.6 is 0 Å². The quantitative estimate of drug-likeness (QED) is 0.281. The van der Waals surface area contributed by atoms with Crippen LogP contribution in [0.25, 0.3) is 0 Å². The van der Waals surface area contributed by atoms with Crippen LogP contribution in [0.2, 0.25) is 0 Å². The SMILES string of the molecule is CCC(C)c1ccc2c(c1)C1(CC2(C)C)CC(C)(C)c2cc3c(cc21)OC(C)C(C)(C)O3.Cc1cc(C2CN2)c2c(c1C#N)C(C)(C)C2(C)C. The number of hydrogen-bond acceptors (Lipinski definition) is 4. The fourth-order valence-electron chi connectivity index (χ4n) is 10.2. The number of rotatable bonds is 3. The van der Waals surface area contributed by atoms with Crippen molar-refractivity contribution in [3.63, 3.8) is 0 Å². The monoisotopic (exact) mass is 672 g/mol. The van der Waals surface area contributed by atoms with Gasteiger partial charge in [0.2, 0.25) is 0 Å². The number of nitrogens with zero attached hydrogens (tertiary/aromatic N) is 1. The van der Waals surface area contributed by atoms with E-state index in [0.717, 1.165) is 42.0 Å². The predicted octanol–water partition coefficient (Wildman–Crippen LogP) is 10.9. The Bertz CT molecular complexity index is 1950. The van der Waals surface area contributed by atoms with Crippen molar-refractivity contribution >= 4 is 0 Å². The molecule has 3 aliphatic carbocycles.